The maximum atomic E-state index is 11.7. The Morgan fingerprint density at radius 2 is 1.93 bits per heavy atom. The average Bonchev–Trinajstić information content (AvgIpc) is 3.21. The fraction of sp³-hybridized carbons (Fsp3) is 0.450. The maximum Gasteiger partial charge on any atom is 0.230 e. The molecule has 1 N–H and O–H groups in total. The molecule has 0 radical (unpaired) electrons. The summed E-state index contributed by atoms with van der Waals surface area (Å²) >= 11 is 1.45. The number of ether oxygens (including phenoxy) is 1. The molecule has 1 aliphatic rings. The highest BCUT2D eigenvalue weighted by atomic mass is 32.1. The second-order valence-electron chi connectivity index (χ2n) is 7.09. The van der Waals surface area contributed by atoms with E-state index in [1.54, 1.807) is 6.92 Å². The molecule has 154 valence electrons. The van der Waals surface area contributed by atoms with Gasteiger partial charge in [0.15, 0.2) is 0 Å². The number of piperazine rings is 1. The quantitative estimate of drug-likeness (QED) is 0.689. The summed E-state index contributed by atoms with van der Waals surface area (Å²) in [5, 5.41) is 15.2. The molecule has 1 amide bonds. The van der Waals surface area contributed by atoms with Gasteiger partial charge in [-0.05, 0) is 31.5 Å². The second kappa shape index (κ2) is 8.00. The molecular formula is C20H25N5O3S. The Morgan fingerprint density at radius 3 is 2.52 bits per heavy atom. The first-order chi connectivity index (χ1) is 14.0. The lowest BCUT2D eigenvalue weighted by Gasteiger charge is -2.38. The molecule has 2 aromatic heterocycles. The van der Waals surface area contributed by atoms with E-state index < -0.39 is 0 Å². The Balaban J connectivity index is 1.71. The van der Waals surface area contributed by atoms with Crippen LogP contribution in [0.2, 0.25) is 0 Å². The average molecular weight is 416 g/mol. The summed E-state index contributed by atoms with van der Waals surface area (Å²) in [6.07, 6.45) is 0. The Bertz CT molecular complexity index is 1010. The van der Waals surface area contributed by atoms with Crippen molar-refractivity contribution in [3.05, 3.63) is 40.5 Å². The molecular weight excluding hydrogens is 390 g/mol. The molecule has 0 bridgehead atoms. The monoisotopic (exact) mass is 415 g/mol. The van der Waals surface area contributed by atoms with Crippen LogP contribution in [0, 0.1) is 6.92 Å². The number of hydrogen-bond donors (Lipinski definition) is 1. The summed E-state index contributed by atoms with van der Waals surface area (Å²) in [6, 6.07) is 7.83. The van der Waals surface area contributed by atoms with E-state index >= 15 is 0 Å². The third-order valence-electron chi connectivity index (χ3n) is 5.19. The predicted molar refractivity (Wildman–Crippen MR) is 111 cm³/mol. The zero-order chi connectivity index (χ0) is 20.5. The van der Waals surface area contributed by atoms with Gasteiger partial charge in [-0.1, -0.05) is 23.5 Å². The highest BCUT2D eigenvalue weighted by molar-refractivity contribution is 7.17. The van der Waals surface area contributed by atoms with Crippen LogP contribution in [0.1, 0.15) is 36.2 Å². The van der Waals surface area contributed by atoms with Crippen LogP contribution < -0.4 is 4.74 Å². The molecule has 1 aliphatic heterocycles. The van der Waals surface area contributed by atoms with Crippen molar-refractivity contribution in [3.63, 3.8) is 0 Å². The molecule has 4 rings (SSSR count). The summed E-state index contributed by atoms with van der Waals surface area (Å²) in [5.41, 5.74) is 1.06. The zero-order valence-corrected chi connectivity index (χ0v) is 17.6. The number of thiazole rings is 1. The van der Waals surface area contributed by atoms with Crippen molar-refractivity contribution in [2.45, 2.75) is 26.8 Å². The molecule has 8 nitrogen and oxygen atoms in total. The van der Waals surface area contributed by atoms with Gasteiger partial charge in [0.2, 0.25) is 16.7 Å². The maximum absolute atomic E-state index is 11.7. The van der Waals surface area contributed by atoms with E-state index in [1.165, 1.54) is 15.9 Å². The Labute approximate surface area is 173 Å². The summed E-state index contributed by atoms with van der Waals surface area (Å²) in [4.78, 5) is 21.8. The molecule has 0 aliphatic carbocycles. The number of carbonyl (C=O) groups is 1. The van der Waals surface area contributed by atoms with E-state index in [-0.39, 0.29) is 17.8 Å². The number of aromatic nitrogens is 3. The minimum Gasteiger partial charge on any atom is -0.494 e. The van der Waals surface area contributed by atoms with Crippen LogP contribution in [0.25, 0.3) is 4.96 Å². The molecule has 0 unspecified atom stereocenters. The van der Waals surface area contributed by atoms with Gasteiger partial charge >= 0.3 is 0 Å². The van der Waals surface area contributed by atoms with Crippen LogP contribution >= 0.6 is 11.3 Å². The standard InChI is InChI=1S/C20H25N5O3S/c1-4-28-16-7-5-15(6-8-16)17(24-11-9-23(10-12-24)14(3)26)18-19(27)25-20(29-18)21-13(2)22-25/h5-8,17,27H,4,9-12H2,1-3H3/t17-/m0/s1. The molecule has 0 saturated carbocycles. The van der Waals surface area contributed by atoms with Gasteiger partial charge in [-0.3, -0.25) is 9.69 Å². The van der Waals surface area contributed by atoms with Crippen molar-refractivity contribution in [2.24, 2.45) is 0 Å². The van der Waals surface area contributed by atoms with Crippen LogP contribution in [-0.4, -0.2) is 68.2 Å². The third kappa shape index (κ3) is 3.79. The molecule has 1 aromatic carbocycles. The number of nitrogens with zero attached hydrogens (tertiary/aromatic N) is 5. The first-order valence-corrected chi connectivity index (χ1v) is 10.6. The molecule has 29 heavy (non-hydrogen) atoms. The van der Waals surface area contributed by atoms with E-state index in [1.807, 2.05) is 43.0 Å². The van der Waals surface area contributed by atoms with Gasteiger partial charge < -0.3 is 14.7 Å². The van der Waals surface area contributed by atoms with Gasteiger partial charge in [0.1, 0.15) is 11.6 Å². The van der Waals surface area contributed by atoms with Gasteiger partial charge in [-0.15, -0.1) is 5.10 Å². The Morgan fingerprint density at radius 1 is 1.24 bits per heavy atom. The number of hydrogen-bond acceptors (Lipinski definition) is 7. The minimum absolute atomic E-state index is 0.0967. The lowest BCUT2D eigenvalue weighted by atomic mass is 10.0. The van der Waals surface area contributed by atoms with E-state index in [0.717, 1.165) is 29.3 Å². The lowest BCUT2D eigenvalue weighted by Crippen LogP contribution is -2.49. The molecule has 3 aromatic rings. The van der Waals surface area contributed by atoms with E-state index in [2.05, 4.69) is 15.0 Å². The number of benzene rings is 1. The Hall–Kier alpha value is -2.65. The Kier molecular flexibility index (Phi) is 5.42. The van der Waals surface area contributed by atoms with Crippen LogP contribution in [0.3, 0.4) is 0 Å². The van der Waals surface area contributed by atoms with Gasteiger partial charge in [0, 0.05) is 33.1 Å². The number of amides is 1. The largest absolute Gasteiger partial charge is 0.494 e. The van der Waals surface area contributed by atoms with Gasteiger partial charge in [-0.2, -0.15) is 4.52 Å². The van der Waals surface area contributed by atoms with Gasteiger partial charge in [0.25, 0.3) is 0 Å². The first-order valence-electron chi connectivity index (χ1n) is 9.75. The van der Waals surface area contributed by atoms with Crippen molar-refractivity contribution >= 4 is 22.2 Å². The molecule has 1 atom stereocenters. The SMILES string of the molecule is CCOc1ccc([C@@H](c2sc3nc(C)nn3c2O)N2CCN(C(C)=O)CC2)cc1. The van der Waals surface area contributed by atoms with Crippen LogP contribution in [0.4, 0.5) is 0 Å². The first kappa shape index (κ1) is 19.7. The van der Waals surface area contributed by atoms with Gasteiger partial charge in [-0.25, -0.2) is 4.98 Å². The van der Waals surface area contributed by atoms with Crippen LogP contribution in [0.15, 0.2) is 24.3 Å². The number of aryl methyl sites for hydroxylation is 1. The third-order valence-corrected chi connectivity index (χ3v) is 6.26. The van der Waals surface area contributed by atoms with E-state index in [9.17, 15) is 9.90 Å². The fourth-order valence-electron chi connectivity index (χ4n) is 3.76. The normalized spacial score (nSPS) is 16.3. The number of aromatic hydroxyl groups is 1. The number of rotatable bonds is 5. The summed E-state index contributed by atoms with van der Waals surface area (Å²) in [6.45, 7) is 8.78. The topological polar surface area (TPSA) is 83.2 Å². The molecule has 9 heteroatoms. The smallest absolute Gasteiger partial charge is 0.230 e. The van der Waals surface area contributed by atoms with Crippen LogP contribution in [0.5, 0.6) is 11.6 Å². The fourth-order valence-corrected chi connectivity index (χ4v) is 4.92. The van der Waals surface area contributed by atoms with E-state index in [4.69, 9.17) is 4.74 Å². The van der Waals surface area contributed by atoms with Crippen molar-refractivity contribution in [2.75, 3.05) is 32.8 Å². The van der Waals surface area contributed by atoms with Crippen molar-refractivity contribution in [1.29, 1.82) is 0 Å². The van der Waals surface area contributed by atoms with Crippen molar-refractivity contribution in [3.8, 4) is 11.6 Å². The highest BCUT2D eigenvalue weighted by Gasteiger charge is 2.32. The van der Waals surface area contributed by atoms with E-state index in [0.29, 0.717) is 30.5 Å². The van der Waals surface area contributed by atoms with Gasteiger partial charge in [0.05, 0.1) is 17.5 Å². The van der Waals surface area contributed by atoms with Crippen LogP contribution in [-0.2, 0) is 4.79 Å². The second-order valence-corrected chi connectivity index (χ2v) is 8.10. The summed E-state index contributed by atoms with van der Waals surface area (Å²) in [5.74, 6) is 1.67. The molecule has 0 spiro atoms. The molecule has 1 saturated heterocycles. The zero-order valence-electron chi connectivity index (χ0n) is 16.8. The molecule has 1 fully saturated rings. The van der Waals surface area contributed by atoms with Crippen molar-refractivity contribution in [1.82, 2.24) is 24.4 Å². The lowest BCUT2D eigenvalue weighted by molar-refractivity contribution is -0.130. The minimum atomic E-state index is -0.145. The number of carbonyl (C=O) groups excluding carboxylic acids is 1. The van der Waals surface area contributed by atoms with Crippen molar-refractivity contribution < 1.29 is 14.6 Å². The predicted octanol–water partition coefficient (Wildman–Crippen LogP) is 2.46. The summed E-state index contributed by atoms with van der Waals surface area (Å²) < 4.78 is 7.08. The number of fused-ring (bicyclic) bond motifs is 1. The summed E-state index contributed by atoms with van der Waals surface area (Å²) in [7, 11) is 0. The molecule has 3 heterocycles. The highest BCUT2D eigenvalue weighted by Crippen LogP contribution is 2.40.